The first-order valence-electron chi connectivity index (χ1n) is 8.77. The van der Waals surface area contributed by atoms with Crippen LogP contribution in [-0.2, 0) is 6.54 Å². The standard InChI is InChI=1S/C23H21N3/c1-4-12-26-13-11-21-22(15-26)25-23(24-21)19-9-7-18(8-10-19)20-6-5-16(2)17(3)14-20/h1,5-11,13-14H,12,15H2,2-3H3,(H,24,25). The summed E-state index contributed by atoms with van der Waals surface area (Å²) in [5.74, 6) is 3.57. The van der Waals surface area contributed by atoms with Crippen LogP contribution in [-0.4, -0.2) is 21.4 Å². The Kier molecular flexibility index (Phi) is 4.10. The third-order valence-corrected chi connectivity index (χ3v) is 4.91. The molecule has 0 unspecified atom stereocenters. The number of terminal acetylenes is 1. The lowest BCUT2D eigenvalue weighted by molar-refractivity contribution is 0.407. The number of H-pyrrole nitrogens is 1. The lowest BCUT2D eigenvalue weighted by atomic mass is 9.99. The van der Waals surface area contributed by atoms with Gasteiger partial charge in [-0.15, -0.1) is 6.42 Å². The van der Waals surface area contributed by atoms with E-state index in [2.05, 4.69) is 72.1 Å². The summed E-state index contributed by atoms with van der Waals surface area (Å²) in [6, 6.07) is 15.1. The van der Waals surface area contributed by atoms with Gasteiger partial charge in [0.05, 0.1) is 24.5 Å². The SMILES string of the molecule is C#CCN1C=Cc2[nH]c(-c3ccc(-c4ccc(C)c(C)c4)cc3)nc2C1. The Morgan fingerprint density at radius 3 is 2.50 bits per heavy atom. The Morgan fingerprint density at radius 2 is 1.77 bits per heavy atom. The normalized spacial score (nSPS) is 12.7. The first kappa shape index (κ1) is 16.2. The van der Waals surface area contributed by atoms with Gasteiger partial charge in [-0.3, -0.25) is 0 Å². The molecule has 26 heavy (non-hydrogen) atoms. The van der Waals surface area contributed by atoms with Gasteiger partial charge in [-0.1, -0.05) is 48.4 Å². The van der Waals surface area contributed by atoms with E-state index in [4.69, 9.17) is 11.4 Å². The van der Waals surface area contributed by atoms with Gasteiger partial charge in [-0.05, 0) is 42.2 Å². The molecule has 1 aromatic heterocycles. The summed E-state index contributed by atoms with van der Waals surface area (Å²) in [4.78, 5) is 10.3. The summed E-state index contributed by atoms with van der Waals surface area (Å²) in [6.07, 6.45) is 9.46. The highest BCUT2D eigenvalue weighted by atomic mass is 15.1. The van der Waals surface area contributed by atoms with Crippen LogP contribution >= 0.6 is 0 Å². The minimum Gasteiger partial charge on any atom is -0.360 e. The molecular weight excluding hydrogens is 318 g/mol. The van der Waals surface area contributed by atoms with Crippen molar-refractivity contribution in [1.29, 1.82) is 0 Å². The van der Waals surface area contributed by atoms with Crippen LogP contribution in [0.25, 0.3) is 28.6 Å². The number of hydrogen-bond acceptors (Lipinski definition) is 2. The van der Waals surface area contributed by atoms with Gasteiger partial charge in [0.15, 0.2) is 0 Å². The molecule has 4 rings (SSSR count). The molecule has 0 saturated carbocycles. The first-order valence-corrected chi connectivity index (χ1v) is 8.77. The number of benzene rings is 2. The molecule has 0 amide bonds. The maximum atomic E-state index is 5.40. The molecule has 2 aromatic carbocycles. The minimum atomic E-state index is 0.600. The van der Waals surface area contributed by atoms with Crippen LogP contribution in [0.15, 0.2) is 48.7 Å². The number of nitrogens with one attached hydrogen (secondary N) is 1. The van der Waals surface area contributed by atoms with E-state index in [0.717, 1.165) is 29.3 Å². The molecule has 0 radical (unpaired) electrons. The maximum Gasteiger partial charge on any atom is 0.138 e. The molecule has 3 aromatic rings. The van der Waals surface area contributed by atoms with E-state index in [1.165, 1.54) is 22.3 Å². The van der Waals surface area contributed by atoms with Gasteiger partial charge in [0.2, 0.25) is 0 Å². The number of rotatable bonds is 3. The predicted molar refractivity (Wildman–Crippen MR) is 107 cm³/mol. The molecule has 1 N–H and O–H groups in total. The van der Waals surface area contributed by atoms with Crippen LogP contribution in [0.3, 0.4) is 0 Å². The summed E-state index contributed by atoms with van der Waals surface area (Å²) < 4.78 is 0. The van der Waals surface area contributed by atoms with Gasteiger partial charge in [-0.25, -0.2) is 4.98 Å². The van der Waals surface area contributed by atoms with E-state index < -0.39 is 0 Å². The number of aromatic nitrogens is 2. The molecule has 0 atom stereocenters. The zero-order valence-corrected chi connectivity index (χ0v) is 15.1. The second-order valence-corrected chi connectivity index (χ2v) is 6.75. The van der Waals surface area contributed by atoms with Crippen molar-refractivity contribution in [2.75, 3.05) is 6.54 Å². The third kappa shape index (κ3) is 3.02. The fourth-order valence-electron chi connectivity index (χ4n) is 3.21. The zero-order valence-electron chi connectivity index (χ0n) is 15.1. The van der Waals surface area contributed by atoms with Crippen LogP contribution in [0.1, 0.15) is 22.5 Å². The van der Waals surface area contributed by atoms with E-state index in [9.17, 15) is 0 Å². The quantitative estimate of drug-likeness (QED) is 0.696. The Labute approximate surface area is 154 Å². The molecule has 0 spiro atoms. The number of aromatic amines is 1. The average Bonchev–Trinajstić information content (AvgIpc) is 3.08. The van der Waals surface area contributed by atoms with Crippen molar-refractivity contribution < 1.29 is 0 Å². The van der Waals surface area contributed by atoms with Gasteiger partial charge in [-0.2, -0.15) is 0 Å². The van der Waals surface area contributed by atoms with Crippen LogP contribution in [0.4, 0.5) is 0 Å². The van der Waals surface area contributed by atoms with Crippen molar-refractivity contribution in [3.8, 4) is 34.9 Å². The van der Waals surface area contributed by atoms with Crippen LogP contribution in [0, 0.1) is 26.2 Å². The van der Waals surface area contributed by atoms with Crippen molar-refractivity contribution in [3.63, 3.8) is 0 Å². The summed E-state index contributed by atoms with van der Waals surface area (Å²) >= 11 is 0. The number of imidazole rings is 1. The molecule has 0 bridgehead atoms. The number of fused-ring (bicyclic) bond motifs is 1. The fourth-order valence-corrected chi connectivity index (χ4v) is 3.21. The van der Waals surface area contributed by atoms with Gasteiger partial charge >= 0.3 is 0 Å². The first-order chi connectivity index (χ1) is 12.6. The molecule has 1 aliphatic rings. The largest absolute Gasteiger partial charge is 0.360 e. The molecule has 0 fully saturated rings. The molecular formula is C23H21N3. The highest BCUT2D eigenvalue weighted by Crippen LogP contribution is 2.27. The van der Waals surface area contributed by atoms with Crippen molar-refractivity contribution in [1.82, 2.24) is 14.9 Å². The topological polar surface area (TPSA) is 31.9 Å². The summed E-state index contributed by atoms with van der Waals surface area (Å²) in [5, 5.41) is 0. The number of aryl methyl sites for hydroxylation is 2. The highest BCUT2D eigenvalue weighted by molar-refractivity contribution is 5.69. The monoisotopic (exact) mass is 339 g/mol. The molecule has 0 aliphatic carbocycles. The minimum absolute atomic E-state index is 0.600. The maximum absolute atomic E-state index is 5.40. The van der Waals surface area contributed by atoms with Crippen LogP contribution in [0.2, 0.25) is 0 Å². The Bertz CT molecular complexity index is 1020. The van der Waals surface area contributed by atoms with E-state index in [1.54, 1.807) is 0 Å². The van der Waals surface area contributed by atoms with Crippen molar-refractivity contribution in [2.24, 2.45) is 0 Å². The van der Waals surface area contributed by atoms with E-state index >= 15 is 0 Å². The summed E-state index contributed by atoms with van der Waals surface area (Å²) in [5.41, 5.74) is 8.28. The second-order valence-electron chi connectivity index (χ2n) is 6.75. The molecule has 2 heterocycles. The molecule has 3 nitrogen and oxygen atoms in total. The zero-order chi connectivity index (χ0) is 18.1. The lowest BCUT2D eigenvalue weighted by Gasteiger charge is -2.19. The van der Waals surface area contributed by atoms with Crippen LogP contribution in [0.5, 0.6) is 0 Å². The summed E-state index contributed by atoms with van der Waals surface area (Å²) in [7, 11) is 0. The van der Waals surface area contributed by atoms with E-state index in [1.807, 2.05) is 12.3 Å². The Balaban J connectivity index is 1.59. The number of hydrogen-bond donors (Lipinski definition) is 1. The molecule has 1 aliphatic heterocycles. The second kappa shape index (κ2) is 6.57. The third-order valence-electron chi connectivity index (χ3n) is 4.91. The van der Waals surface area contributed by atoms with Gasteiger partial charge in [0.1, 0.15) is 5.82 Å². The molecule has 0 saturated heterocycles. The van der Waals surface area contributed by atoms with Crippen molar-refractivity contribution >= 4 is 6.08 Å². The summed E-state index contributed by atoms with van der Waals surface area (Å²) in [6.45, 7) is 5.63. The van der Waals surface area contributed by atoms with E-state index in [0.29, 0.717) is 6.54 Å². The van der Waals surface area contributed by atoms with Crippen molar-refractivity contribution in [3.05, 3.63) is 71.2 Å². The predicted octanol–water partition coefficient (Wildman–Crippen LogP) is 4.78. The Hall–Kier alpha value is -3.25. The van der Waals surface area contributed by atoms with Crippen LogP contribution < -0.4 is 0 Å². The van der Waals surface area contributed by atoms with Gasteiger partial charge < -0.3 is 9.88 Å². The lowest BCUT2D eigenvalue weighted by Crippen LogP contribution is -2.20. The molecule has 3 heteroatoms. The highest BCUT2D eigenvalue weighted by Gasteiger charge is 2.15. The average molecular weight is 339 g/mol. The fraction of sp³-hybridized carbons (Fsp3) is 0.174. The van der Waals surface area contributed by atoms with Gasteiger partial charge in [0, 0.05) is 11.8 Å². The smallest absolute Gasteiger partial charge is 0.138 e. The number of nitrogens with zero attached hydrogens (tertiary/aromatic N) is 2. The van der Waals surface area contributed by atoms with Gasteiger partial charge in [0.25, 0.3) is 0 Å². The van der Waals surface area contributed by atoms with Crippen molar-refractivity contribution in [2.45, 2.75) is 20.4 Å². The van der Waals surface area contributed by atoms with E-state index in [-0.39, 0.29) is 0 Å². The molecule has 128 valence electrons. The Morgan fingerprint density at radius 1 is 1.04 bits per heavy atom.